The molecule has 1 N–H and O–H groups in total. The van der Waals surface area contributed by atoms with E-state index in [9.17, 15) is 13.2 Å². The van der Waals surface area contributed by atoms with E-state index in [1.165, 1.54) is 18.4 Å². The van der Waals surface area contributed by atoms with Crippen molar-refractivity contribution >= 4 is 49.2 Å². The number of sulfonamides is 1. The van der Waals surface area contributed by atoms with Gasteiger partial charge in [-0.25, -0.2) is 13.2 Å². The van der Waals surface area contributed by atoms with Gasteiger partial charge in [-0.3, -0.25) is 4.72 Å². The molecule has 0 aliphatic carbocycles. The molecule has 0 radical (unpaired) electrons. The Morgan fingerprint density at radius 1 is 1.37 bits per heavy atom. The predicted molar refractivity (Wildman–Crippen MR) is 113 cm³/mol. The Balaban J connectivity index is 2.32. The monoisotopic (exact) mass is 425 g/mol. The molecule has 146 valence electrons. The van der Waals surface area contributed by atoms with Crippen molar-refractivity contribution in [3.8, 4) is 0 Å². The fourth-order valence-corrected chi connectivity index (χ4v) is 6.21. The maximum absolute atomic E-state index is 12.9. The third-order valence-corrected chi connectivity index (χ3v) is 8.34. The molecular weight excluding hydrogens is 402 g/mol. The van der Waals surface area contributed by atoms with Crippen molar-refractivity contribution in [3.05, 3.63) is 51.9 Å². The summed E-state index contributed by atoms with van der Waals surface area (Å²) >= 11 is 2.15. The van der Waals surface area contributed by atoms with Crippen LogP contribution in [0.25, 0.3) is 10.1 Å². The molecule has 0 saturated carbocycles. The summed E-state index contributed by atoms with van der Waals surface area (Å²) < 4.78 is 34.0. The SMILES string of the molecule is C=C(NS(=O)(=O)c1sc2ccc(C(C)C)cc2c1C)S/C(=C\C)C(=O)OC. The summed E-state index contributed by atoms with van der Waals surface area (Å²) in [7, 11) is -2.53. The van der Waals surface area contributed by atoms with Crippen molar-refractivity contribution in [2.75, 3.05) is 7.11 Å². The number of aryl methyl sites for hydroxylation is 1. The van der Waals surface area contributed by atoms with Gasteiger partial charge in [0.1, 0.15) is 4.21 Å². The van der Waals surface area contributed by atoms with Gasteiger partial charge in [0.2, 0.25) is 0 Å². The molecule has 8 heteroatoms. The third kappa shape index (κ3) is 4.75. The highest BCUT2D eigenvalue weighted by atomic mass is 32.2. The number of thioether (sulfide) groups is 1. The van der Waals surface area contributed by atoms with Crippen LogP contribution in [-0.4, -0.2) is 21.5 Å². The maximum atomic E-state index is 12.9. The van der Waals surface area contributed by atoms with E-state index in [1.807, 2.05) is 18.2 Å². The first-order valence-electron chi connectivity index (χ1n) is 8.28. The van der Waals surface area contributed by atoms with Crippen molar-refractivity contribution in [2.24, 2.45) is 0 Å². The average molecular weight is 426 g/mol. The zero-order valence-corrected chi connectivity index (χ0v) is 18.4. The van der Waals surface area contributed by atoms with E-state index in [-0.39, 0.29) is 14.1 Å². The number of rotatable bonds is 7. The lowest BCUT2D eigenvalue weighted by atomic mass is 10.0. The van der Waals surface area contributed by atoms with Crippen LogP contribution >= 0.6 is 23.1 Å². The zero-order valence-electron chi connectivity index (χ0n) is 16.0. The molecule has 0 spiro atoms. The highest BCUT2D eigenvalue weighted by Crippen LogP contribution is 2.36. The van der Waals surface area contributed by atoms with E-state index in [4.69, 9.17) is 0 Å². The van der Waals surface area contributed by atoms with E-state index in [2.05, 4.69) is 29.9 Å². The lowest BCUT2D eigenvalue weighted by molar-refractivity contribution is -0.135. The van der Waals surface area contributed by atoms with E-state index in [0.29, 0.717) is 11.5 Å². The molecular formula is C19H23NO4S3. The van der Waals surface area contributed by atoms with Crippen molar-refractivity contribution < 1.29 is 17.9 Å². The first kappa shape index (κ1) is 21.5. The number of benzene rings is 1. The van der Waals surface area contributed by atoms with Gasteiger partial charge < -0.3 is 4.74 Å². The van der Waals surface area contributed by atoms with Gasteiger partial charge in [0.25, 0.3) is 10.0 Å². The van der Waals surface area contributed by atoms with Crippen LogP contribution in [0.15, 0.2) is 45.0 Å². The number of hydrogen-bond donors (Lipinski definition) is 1. The molecule has 1 aromatic carbocycles. The van der Waals surface area contributed by atoms with Crippen LogP contribution in [0, 0.1) is 6.92 Å². The number of thiophene rings is 1. The second-order valence-corrected chi connectivity index (χ2v) is 10.3. The van der Waals surface area contributed by atoms with Gasteiger partial charge in [-0.15, -0.1) is 11.3 Å². The number of nitrogens with one attached hydrogen (secondary N) is 1. The fourth-order valence-electron chi connectivity index (χ4n) is 2.50. The summed E-state index contributed by atoms with van der Waals surface area (Å²) in [5, 5.41) is 1.07. The van der Waals surface area contributed by atoms with Gasteiger partial charge >= 0.3 is 5.97 Å². The molecule has 0 atom stereocenters. The predicted octanol–water partition coefficient (Wildman–Crippen LogP) is 4.89. The smallest absolute Gasteiger partial charge is 0.344 e. The van der Waals surface area contributed by atoms with Crippen LogP contribution in [0.4, 0.5) is 0 Å². The van der Waals surface area contributed by atoms with Crippen molar-refractivity contribution in [1.29, 1.82) is 0 Å². The second-order valence-electron chi connectivity index (χ2n) is 6.20. The first-order valence-corrected chi connectivity index (χ1v) is 11.4. The van der Waals surface area contributed by atoms with Crippen LogP contribution in [0.3, 0.4) is 0 Å². The fraction of sp³-hybridized carbons (Fsp3) is 0.316. The van der Waals surface area contributed by atoms with Gasteiger partial charge in [-0.05, 0) is 48.4 Å². The van der Waals surface area contributed by atoms with Gasteiger partial charge in [-0.2, -0.15) is 0 Å². The highest BCUT2D eigenvalue weighted by Gasteiger charge is 2.23. The van der Waals surface area contributed by atoms with E-state index in [0.717, 1.165) is 27.4 Å². The standard InChI is InChI=1S/C19H23NO4S3/c1-7-16(18(21)24-6)25-13(5)20-27(22,23)19-12(4)15-10-14(11(2)3)8-9-17(15)26-19/h7-11,20H,5H2,1-4,6H3/b16-7-. The molecule has 5 nitrogen and oxygen atoms in total. The van der Waals surface area contributed by atoms with Crippen molar-refractivity contribution in [1.82, 2.24) is 4.72 Å². The molecule has 1 aromatic heterocycles. The van der Waals surface area contributed by atoms with Crippen LogP contribution in [0.2, 0.25) is 0 Å². The summed E-state index contributed by atoms with van der Waals surface area (Å²) in [6, 6.07) is 6.03. The Labute approximate surface area is 168 Å². The van der Waals surface area contributed by atoms with Gasteiger partial charge in [0.05, 0.1) is 17.0 Å². The van der Waals surface area contributed by atoms with Gasteiger partial charge in [0, 0.05) is 4.70 Å². The minimum atomic E-state index is -3.80. The van der Waals surface area contributed by atoms with Crippen LogP contribution in [0.1, 0.15) is 37.8 Å². The number of carbonyl (C=O) groups excluding carboxylic acids is 1. The number of esters is 1. The molecule has 1 heterocycles. The normalized spacial score (nSPS) is 12.4. The largest absolute Gasteiger partial charge is 0.465 e. The number of ether oxygens (including phenoxy) is 1. The summed E-state index contributed by atoms with van der Waals surface area (Å²) in [6.45, 7) is 11.4. The Hall–Kier alpha value is -1.77. The van der Waals surface area contributed by atoms with E-state index < -0.39 is 16.0 Å². The van der Waals surface area contributed by atoms with E-state index >= 15 is 0 Å². The summed E-state index contributed by atoms with van der Waals surface area (Å²) in [5.41, 5.74) is 1.87. The quantitative estimate of drug-likeness (QED) is 0.505. The highest BCUT2D eigenvalue weighted by molar-refractivity contribution is 8.08. The van der Waals surface area contributed by atoms with Crippen molar-refractivity contribution in [2.45, 2.75) is 37.8 Å². The van der Waals surface area contributed by atoms with Gasteiger partial charge in [-0.1, -0.05) is 44.3 Å². The lowest BCUT2D eigenvalue weighted by Gasteiger charge is -2.10. The molecule has 2 aromatic rings. The molecule has 0 unspecified atom stereocenters. The average Bonchev–Trinajstić information content (AvgIpc) is 2.95. The number of methoxy groups -OCH3 is 1. The Bertz CT molecular complexity index is 1020. The third-order valence-electron chi connectivity index (χ3n) is 3.96. The molecule has 27 heavy (non-hydrogen) atoms. The lowest BCUT2D eigenvalue weighted by Crippen LogP contribution is -2.21. The Morgan fingerprint density at radius 3 is 2.59 bits per heavy atom. The second kappa shape index (κ2) is 8.50. The van der Waals surface area contributed by atoms with Crippen molar-refractivity contribution in [3.63, 3.8) is 0 Å². The first-order chi connectivity index (χ1) is 12.6. The summed E-state index contributed by atoms with van der Waals surface area (Å²) in [5.74, 6) is -0.178. The molecule has 0 fully saturated rings. The molecule has 0 bridgehead atoms. The maximum Gasteiger partial charge on any atom is 0.344 e. The van der Waals surface area contributed by atoms with E-state index in [1.54, 1.807) is 19.9 Å². The molecule has 0 amide bonds. The number of fused-ring (bicyclic) bond motifs is 1. The van der Waals surface area contributed by atoms with Crippen LogP contribution < -0.4 is 4.72 Å². The topological polar surface area (TPSA) is 72.5 Å². The molecule has 0 aliphatic rings. The number of hydrogen-bond acceptors (Lipinski definition) is 6. The van der Waals surface area contributed by atoms with Crippen LogP contribution in [0.5, 0.6) is 0 Å². The minimum absolute atomic E-state index is 0.133. The van der Waals surface area contributed by atoms with Crippen LogP contribution in [-0.2, 0) is 19.6 Å². The summed E-state index contributed by atoms with van der Waals surface area (Å²) in [6.07, 6.45) is 1.55. The Morgan fingerprint density at radius 2 is 2.04 bits per heavy atom. The molecule has 2 rings (SSSR count). The Kier molecular flexibility index (Phi) is 6.77. The zero-order chi connectivity index (χ0) is 20.4. The molecule has 0 aliphatic heterocycles. The minimum Gasteiger partial charge on any atom is -0.465 e. The summed E-state index contributed by atoms with van der Waals surface area (Å²) in [4.78, 5) is 11.9. The van der Waals surface area contributed by atoms with Gasteiger partial charge in [0.15, 0.2) is 0 Å². The molecule has 0 saturated heterocycles. The number of carbonyl (C=O) groups is 1. The number of allylic oxidation sites excluding steroid dienone is 1.